The van der Waals surface area contributed by atoms with Crippen molar-refractivity contribution in [1.82, 2.24) is 15.5 Å². The second-order valence-electron chi connectivity index (χ2n) is 8.97. The summed E-state index contributed by atoms with van der Waals surface area (Å²) in [6, 6.07) is 4.13. The Labute approximate surface area is 218 Å². The number of ketones is 1. The zero-order valence-electron chi connectivity index (χ0n) is 20.5. The Morgan fingerprint density at radius 2 is 1.89 bits per heavy atom. The average molecular weight is 569 g/mol. The molecule has 2 unspecified atom stereocenters. The predicted octanol–water partition coefficient (Wildman–Crippen LogP) is 1.27. The van der Waals surface area contributed by atoms with Crippen LogP contribution in [0.25, 0.3) is 0 Å². The maximum Gasteiger partial charge on any atom is 0.253 e. The molecule has 0 aliphatic carbocycles. The van der Waals surface area contributed by atoms with Crippen LogP contribution in [-0.4, -0.2) is 72.3 Å². The van der Waals surface area contributed by atoms with Crippen molar-refractivity contribution in [3.8, 4) is 0 Å². The van der Waals surface area contributed by atoms with Crippen LogP contribution in [0, 0.1) is 5.92 Å². The molecule has 36 heavy (non-hydrogen) atoms. The Bertz CT molecular complexity index is 985. The van der Waals surface area contributed by atoms with E-state index in [4.69, 9.17) is 11.5 Å². The molecular formula is C24H34BrFN6O4. The number of carbonyl (C=O) groups excluding carboxylic acids is 4. The van der Waals surface area contributed by atoms with E-state index in [1.165, 1.54) is 4.90 Å². The van der Waals surface area contributed by atoms with E-state index >= 15 is 0 Å². The minimum Gasteiger partial charge on any atom is -0.370 e. The van der Waals surface area contributed by atoms with Crippen LogP contribution >= 0.6 is 15.9 Å². The van der Waals surface area contributed by atoms with E-state index < -0.39 is 42.4 Å². The van der Waals surface area contributed by atoms with Gasteiger partial charge in [-0.1, -0.05) is 26.0 Å². The van der Waals surface area contributed by atoms with Gasteiger partial charge in [0.1, 0.15) is 18.8 Å². The first kappa shape index (κ1) is 29.2. The van der Waals surface area contributed by atoms with Crippen LogP contribution < -0.4 is 22.1 Å². The standard InChI is InChI=1S/C24H34BrFN6O4/c1-14(2)20(31-21(34)15-7-3-4-8-16(15)25)23(36)32-12-6-10-18(32)22(35)30-17(19(33)13-26)9-5-11-29-24(27)28/h3-4,7-8,14,17-18,20H,5-6,9-13H2,1-2H3,(H,30,35)(H,31,34)(H4,27,28,29)/t17?,18-,20?/m0/s1. The molecule has 0 aromatic heterocycles. The molecule has 3 atom stereocenters. The third kappa shape index (κ3) is 8.00. The first-order chi connectivity index (χ1) is 17.1. The Hall–Kier alpha value is -3.02. The number of aliphatic imine (C=N–C) groups is 1. The number of rotatable bonds is 12. The summed E-state index contributed by atoms with van der Waals surface area (Å²) in [5.41, 5.74) is 11.0. The number of amides is 3. The van der Waals surface area contributed by atoms with Crippen LogP contribution in [-0.2, 0) is 14.4 Å². The van der Waals surface area contributed by atoms with Crippen molar-refractivity contribution < 1.29 is 23.6 Å². The highest BCUT2D eigenvalue weighted by atomic mass is 79.9. The summed E-state index contributed by atoms with van der Waals surface area (Å²) < 4.78 is 13.7. The van der Waals surface area contributed by atoms with Crippen LogP contribution in [0.3, 0.4) is 0 Å². The molecule has 10 nitrogen and oxygen atoms in total. The highest BCUT2D eigenvalue weighted by Crippen LogP contribution is 2.22. The number of alkyl halides is 1. The van der Waals surface area contributed by atoms with Crippen molar-refractivity contribution >= 4 is 45.4 Å². The fourth-order valence-electron chi connectivity index (χ4n) is 4.04. The van der Waals surface area contributed by atoms with Gasteiger partial charge in [-0.2, -0.15) is 0 Å². The number of carbonyl (C=O) groups is 4. The smallest absolute Gasteiger partial charge is 0.253 e. The molecule has 1 aromatic rings. The van der Waals surface area contributed by atoms with Gasteiger partial charge in [0.15, 0.2) is 11.7 Å². The summed E-state index contributed by atoms with van der Waals surface area (Å²) in [6.45, 7) is 2.95. The van der Waals surface area contributed by atoms with Crippen LogP contribution in [0.1, 0.15) is 49.9 Å². The first-order valence-corrected chi connectivity index (χ1v) is 12.7. The number of nitrogens with one attached hydrogen (secondary N) is 2. The van der Waals surface area contributed by atoms with Crippen molar-refractivity contribution in [3.05, 3.63) is 34.3 Å². The summed E-state index contributed by atoms with van der Waals surface area (Å²) in [5, 5.41) is 5.39. The van der Waals surface area contributed by atoms with Crippen molar-refractivity contribution in [2.24, 2.45) is 22.4 Å². The second kappa shape index (κ2) is 13.9. The topological polar surface area (TPSA) is 160 Å². The third-order valence-corrected chi connectivity index (χ3v) is 6.65. The summed E-state index contributed by atoms with van der Waals surface area (Å²) >= 11 is 3.34. The van der Waals surface area contributed by atoms with Crippen molar-refractivity contribution in [2.75, 3.05) is 19.8 Å². The molecule has 6 N–H and O–H groups in total. The minimum absolute atomic E-state index is 0.0982. The first-order valence-electron chi connectivity index (χ1n) is 11.9. The second-order valence-corrected chi connectivity index (χ2v) is 9.83. The summed E-state index contributed by atoms with van der Waals surface area (Å²) in [5.74, 6) is -2.43. The number of nitrogens with zero attached hydrogens (tertiary/aromatic N) is 2. The summed E-state index contributed by atoms with van der Waals surface area (Å²) in [7, 11) is 0. The Morgan fingerprint density at radius 3 is 2.50 bits per heavy atom. The quantitative estimate of drug-likeness (QED) is 0.169. The normalized spacial score (nSPS) is 16.8. The lowest BCUT2D eigenvalue weighted by atomic mass is 10.0. The third-order valence-electron chi connectivity index (χ3n) is 5.96. The molecule has 1 saturated heterocycles. The van der Waals surface area contributed by atoms with Gasteiger partial charge in [-0.05, 0) is 59.7 Å². The lowest BCUT2D eigenvalue weighted by Crippen LogP contribution is -2.56. The fourth-order valence-corrected chi connectivity index (χ4v) is 4.50. The molecule has 1 aromatic carbocycles. The summed E-state index contributed by atoms with van der Waals surface area (Å²) in [4.78, 5) is 56.7. The number of halogens is 2. The van der Waals surface area contributed by atoms with E-state index in [9.17, 15) is 23.6 Å². The molecule has 2 rings (SSSR count). The van der Waals surface area contributed by atoms with E-state index in [0.29, 0.717) is 35.8 Å². The summed E-state index contributed by atoms with van der Waals surface area (Å²) in [6.07, 6.45) is 1.49. The van der Waals surface area contributed by atoms with Crippen molar-refractivity contribution in [2.45, 2.75) is 57.7 Å². The molecule has 1 fully saturated rings. The van der Waals surface area contributed by atoms with Gasteiger partial charge >= 0.3 is 0 Å². The lowest BCUT2D eigenvalue weighted by molar-refractivity contribution is -0.141. The molecule has 12 heteroatoms. The van der Waals surface area contributed by atoms with Gasteiger partial charge < -0.3 is 27.0 Å². The van der Waals surface area contributed by atoms with Gasteiger partial charge in [-0.25, -0.2) is 4.39 Å². The van der Waals surface area contributed by atoms with Crippen molar-refractivity contribution in [1.29, 1.82) is 0 Å². The van der Waals surface area contributed by atoms with E-state index in [-0.39, 0.29) is 30.8 Å². The van der Waals surface area contributed by atoms with Crippen LogP contribution in [0.5, 0.6) is 0 Å². The molecular weight excluding hydrogens is 535 g/mol. The van der Waals surface area contributed by atoms with Crippen molar-refractivity contribution in [3.63, 3.8) is 0 Å². The molecule has 1 heterocycles. The number of nitrogens with two attached hydrogens (primary N) is 2. The highest BCUT2D eigenvalue weighted by Gasteiger charge is 2.39. The maximum absolute atomic E-state index is 13.5. The molecule has 3 amide bonds. The Balaban J connectivity index is 2.11. The van der Waals surface area contributed by atoms with Gasteiger partial charge in [0, 0.05) is 17.6 Å². The Morgan fingerprint density at radius 1 is 1.19 bits per heavy atom. The van der Waals surface area contributed by atoms with Gasteiger partial charge in [0.05, 0.1) is 11.6 Å². The zero-order valence-corrected chi connectivity index (χ0v) is 22.1. The number of hydrogen-bond acceptors (Lipinski definition) is 5. The zero-order chi connectivity index (χ0) is 26.8. The highest BCUT2D eigenvalue weighted by molar-refractivity contribution is 9.10. The predicted molar refractivity (Wildman–Crippen MR) is 138 cm³/mol. The fraction of sp³-hybridized carbons (Fsp3) is 0.542. The molecule has 0 radical (unpaired) electrons. The van der Waals surface area contributed by atoms with Crippen LogP contribution in [0.4, 0.5) is 4.39 Å². The maximum atomic E-state index is 13.5. The van der Waals surface area contributed by atoms with Gasteiger partial charge in [0.2, 0.25) is 11.8 Å². The molecule has 198 valence electrons. The average Bonchev–Trinajstić information content (AvgIpc) is 3.33. The number of hydrogen-bond donors (Lipinski definition) is 4. The molecule has 1 aliphatic rings. The minimum atomic E-state index is -1.23. The van der Waals surface area contributed by atoms with E-state index in [1.807, 2.05) is 0 Å². The van der Waals surface area contributed by atoms with Gasteiger partial charge in [-0.3, -0.25) is 24.2 Å². The SMILES string of the molecule is CC(C)C(NC(=O)c1ccccc1Br)C(=O)N1CCC[C@H]1C(=O)NC(CCCN=C(N)N)C(=O)CF. The Kier molecular flexibility index (Phi) is 11.3. The largest absolute Gasteiger partial charge is 0.370 e. The number of guanidine groups is 1. The van der Waals surface area contributed by atoms with Crippen LogP contribution in [0.15, 0.2) is 33.7 Å². The lowest BCUT2D eigenvalue weighted by Gasteiger charge is -2.31. The number of benzene rings is 1. The monoisotopic (exact) mass is 568 g/mol. The molecule has 0 saturated carbocycles. The van der Waals surface area contributed by atoms with E-state index in [2.05, 4.69) is 31.6 Å². The van der Waals surface area contributed by atoms with Gasteiger partial charge in [-0.15, -0.1) is 0 Å². The number of likely N-dealkylation sites (tertiary alicyclic amines) is 1. The molecule has 0 bridgehead atoms. The molecule has 1 aliphatic heterocycles. The van der Waals surface area contributed by atoms with Crippen LogP contribution in [0.2, 0.25) is 0 Å². The van der Waals surface area contributed by atoms with E-state index in [0.717, 1.165) is 0 Å². The molecule has 0 spiro atoms. The van der Waals surface area contributed by atoms with Gasteiger partial charge in [0.25, 0.3) is 5.91 Å². The van der Waals surface area contributed by atoms with E-state index in [1.54, 1.807) is 38.1 Å². The number of Topliss-reactive ketones (excluding diaryl/α,β-unsaturated/α-hetero) is 1.